The minimum atomic E-state index is -0.718. The van der Waals surface area contributed by atoms with Gasteiger partial charge in [0.15, 0.2) is 0 Å². The van der Waals surface area contributed by atoms with Crippen molar-refractivity contribution < 1.29 is 19.1 Å². The molecule has 6 heteroatoms. The maximum Gasteiger partial charge on any atom is 0.313 e. The van der Waals surface area contributed by atoms with Crippen molar-refractivity contribution in [1.82, 2.24) is 5.32 Å². The standard InChI is InChI=1S/C19H22N2O4/c1-4-25-17-11-7-15(8-12-17)21-19(23)18(22)20-13(2)14-5-9-16(24-3)10-6-14/h5-13H,4H2,1-3H3,(H,20,22)(H,21,23)/t13-/m1/s1. The van der Waals surface area contributed by atoms with Crippen LogP contribution in [0.5, 0.6) is 11.5 Å². The van der Waals surface area contributed by atoms with Crippen LogP contribution in [0.2, 0.25) is 0 Å². The SMILES string of the molecule is CCOc1ccc(NC(=O)C(=O)N[C@H](C)c2ccc(OC)cc2)cc1. The van der Waals surface area contributed by atoms with E-state index in [-0.39, 0.29) is 6.04 Å². The number of anilines is 1. The highest BCUT2D eigenvalue weighted by atomic mass is 16.5. The van der Waals surface area contributed by atoms with Gasteiger partial charge in [0.25, 0.3) is 0 Å². The van der Waals surface area contributed by atoms with Crippen molar-refractivity contribution in [3.8, 4) is 11.5 Å². The Kier molecular flexibility index (Phi) is 6.39. The smallest absolute Gasteiger partial charge is 0.313 e. The van der Waals surface area contributed by atoms with Gasteiger partial charge in [0.2, 0.25) is 0 Å². The van der Waals surface area contributed by atoms with E-state index in [2.05, 4.69) is 10.6 Å². The summed E-state index contributed by atoms with van der Waals surface area (Å²) in [6.45, 7) is 4.27. The molecule has 25 heavy (non-hydrogen) atoms. The molecule has 0 aromatic heterocycles. The molecular formula is C19H22N2O4. The van der Waals surface area contributed by atoms with Crippen LogP contribution in [-0.2, 0) is 9.59 Å². The van der Waals surface area contributed by atoms with Crippen molar-refractivity contribution >= 4 is 17.5 Å². The number of nitrogens with one attached hydrogen (secondary N) is 2. The van der Waals surface area contributed by atoms with Gasteiger partial charge in [-0.05, 0) is 55.8 Å². The van der Waals surface area contributed by atoms with Gasteiger partial charge >= 0.3 is 11.8 Å². The van der Waals surface area contributed by atoms with Crippen LogP contribution >= 0.6 is 0 Å². The molecule has 0 bridgehead atoms. The largest absolute Gasteiger partial charge is 0.497 e. The Bertz CT molecular complexity index is 711. The first-order valence-corrected chi connectivity index (χ1v) is 8.02. The summed E-state index contributed by atoms with van der Waals surface area (Å²) in [6, 6.07) is 13.8. The van der Waals surface area contributed by atoms with Gasteiger partial charge in [-0.15, -0.1) is 0 Å². The molecule has 2 aromatic carbocycles. The van der Waals surface area contributed by atoms with Gasteiger partial charge in [-0.3, -0.25) is 9.59 Å². The van der Waals surface area contributed by atoms with E-state index >= 15 is 0 Å². The molecule has 132 valence electrons. The highest BCUT2D eigenvalue weighted by Crippen LogP contribution is 2.18. The molecule has 2 aromatic rings. The molecule has 0 radical (unpaired) electrons. The molecule has 1 atom stereocenters. The number of rotatable bonds is 6. The summed E-state index contributed by atoms with van der Waals surface area (Å²) in [5.74, 6) is 0.0234. The van der Waals surface area contributed by atoms with Crippen LogP contribution in [0.4, 0.5) is 5.69 Å². The number of carbonyl (C=O) groups is 2. The zero-order valence-corrected chi connectivity index (χ0v) is 14.5. The Labute approximate surface area is 147 Å². The summed E-state index contributed by atoms with van der Waals surface area (Å²) in [5.41, 5.74) is 1.41. The Morgan fingerprint density at radius 2 is 1.56 bits per heavy atom. The van der Waals surface area contributed by atoms with Crippen LogP contribution in [0, 0.1) is 0 Å². The van der Waals surface area contributed by atoms with Gasteiger partial charge in [-0.25, -0.2) is 0 Å². The molecule has 0 heterocycles. The van der Waals surface area contributed by atoms with E-state index in [1.165, 1.54) is 0 Å². The first-order valence-electron chi connectivity index (χ1n) is 8.02. The fraction of sp³-hybridized carbons (Fsp3) is 0.263. The zero-order valence-electron chi connectivity index (χ0n) is 14.5. The fourth-order valence-corrected chi connectivity index (χ4v) is 2.23. The third-order valence-electron chi connectivity index (χ3n) is 3.59. The van der Waals surface area contributed by atoms with Gasteiger partial charge < -0.3 is 20.1 Å². The number of amides is 2. The maximum atomic E-state index is 12.1. The van der Waals surface area contributed by atoms with E-state index in [4.69, 9.17) is 9.47 Å². The van der Waals surface area contributed by atoms with Crippen molar-refractivity contribution in [3.05, 3.63) is 54.1 Å². The first-order chi connectivity index (χ1) is 12.0. The van der Waals surface area contributed by atoms with Crippen LogP contribution < -0.4 is 20.1 Å². The van der Waals surface area contributed by atoms with Crippen molar-refractivity contribution in [2.75, 3.05) is 19.0 Å². The number of methoxy groups -OCH3 is 1. The highest BCUT2D eigenvalue weighted by Gasteiger charge is 2.17. The number of carbonyl (C=O) groups excluding carboxylic acids is 2. The van der Waals surface area contributed by atoms with E-state index in [0.29, 0.717) is 18.0 Å². The molecule has 0 unspecified atom stereocenters. The highest BCUT2D eigenvalue weighted by molar-refractivity contribution is 6.39. The Balaban J connectivity index is 1.91. The molecule has 0 fully saturated rings. The van der Waals surface area contributed by atoms with Crippen LogP contribution in [0.15, 0.2) is 48.5 Å². The number of hydrogen-bond donors (Lipinski definition) is 2. The lowest BCUT2D eigenvalue weighted by molar-refractivity contribution is -0.136. The van der Waals surface area contributed by atoms with E-state index in [1.807, 2.05) is 26.0 Å². The first kappa shape index (κ1) is 18.3. The molecule has 0 aliphatic heterocycles. The summed E-state index contributed by atoms with van der Waals surface area (Å²) in [6.07, 6.45) is 0. The predicted molar refractivity (Wildman–Crippen MR) is 95.8 cm³/mol. The van der Waals surface area contributed by atoms with E-state index in [1.54, 1.807) is 43.5 Å². The molecule has 0 spiro atoms. The van der Waals surface area contributed by atoms with Crippen LogP contribution in [-0.4, -0.2) is 25.5 Å². The molecule has 0 aliphatic rings. The van der Waals surface area contributed by atoms with E-state index in [9.17, 15) is 9.59 Å². The molecule has 0 aliphatic carbocycles. The summed E-state index contributed by atoms with van der Waals surface area (Å²) in [5, 5.41) is 5.23. The predicted octanol–water partition coefficient (Wildman–Crippen LogP) is 2.91. The number of ether oxygens (including phenoxy) is 2. The summed E-state index contributed by atoms with van der Waals surface area (Å²) >= 11 is 0. The second-order valence-corrected chi connectivity index (χ2v) is 5.38. The molecule has 0 saturated heterocycles. The third kappa shape index (κ3) is 5.24. The van der Waals surface area contributed by atoms with Gasteiger partial charge in [0.1, 0.15) is 11.5 Å². The van der Waals surface area contributed by atoms with Gasteiger partial charge in [0, 0.05) is 5.69 Å². The summed E-state index contributed by atoms with van der Waals surface area (Å²) in [7, 11) is 1.59. The molecule has 0 saturated carbocycles. The average Bonchev–Trinajstić information content (AvgIpc) is 2.63. The average molecular weight is 342 g/mol. The van der Waals surface area contributed by atoms with Crippen LogP contribution in [0.25, 0.3) is 0 Å². The van der Waals surface area contributed by atoms with Gasteiger partial charge in [-0.2, -0.15) is 0 Å². The topological polar surface area (TPSA) is 76.7 Å². The second-order valence-electron chi connectivity index (χ2n) is 5.38. The zero-order chi connectivity index (χ0) is 18.2. The fourth-order valence-electron chi connectivity index (χ4n) is 2.23. The van der Waals surface area contributed by atoms with Crippen molar-refractivity contribution in [3.63, 3.8) is 0 Å². The minimum absolute atomic E-state index is 0.301. The lowest BCUT2D eigenvalue weighted by atomic mass is 10.1. The lowest BCUT2D eigenvalue weighted by Crippen LogP contribution is -2.36. The molecule has 2 rings (SSSR count). The van der Waals surface area contributed by atoms with Crippen LogP contribution in [0.1, 0.15) is 25.5 Å². The van der Waals surface area contributed by atoms with Gasteiger partial charge in [0.05, 0.1) is 19.8 Å². The molecule has 6 nitrogen and oxygen atoms in total. The maximum absolute atomic E-state index is 12.1. The quantitative estimate of drug-likeness (QED) is 0.792. The van der Waals surface area contributed by atoms with Gasteiger partial charge in [-0.1, -0.05) is 12.1 Å². The third-order valence-corrected chi connectivity index (χ3v) is 3.59. The summed E-state index contributed by atoms with van der Waals surface area (Å²) in [4.78, 5) is 24.1. The minimum Gasteiger partial charge on any atom is -0.497 e. The molecule has 2 amide bonds. The van der Waals surface area contributed by atoms with Crippen molar-refractivity contribution in [1.29, 1.82) is 0 Å². The van der Waals surface area contributed by atoms with E-state index < -0.39 is 11.8 Å². The Morgan fingerprint density at radius 1 is 0.960 bits per heavy atom. The van der Waals surface area contributed by atoms with Crippen molar-refractivity contribution in [2.45, 2.75) is 19.9 Å². The Morgan fingerprint density at radius 3 is 2.12 bits per heavy atom. The normalized spacial score (nSPS) is 11.3. The summed E-state index contributed by atoms with van der Waals surface area (Å²) < 4.78 is 10.4. The molecular weight excluding hydrogens is 320 g/mol. The molecule has 2 N–H and O–H groups in total. The lowest BCUT2D eigenvalue weighted by Gasteiger charge is -2.14. The number of benzene rings is 2. The number of hydrogen-bond acceptors (Lipinski definition) is 4. The van der Waals surface area contributed by atoms with E-state index in [0.717, 1.165) is 11.3 Å². The monoisotopic (exact) mass is 342 g/mol. The van der Waals surface area contributed by atoms with Crippen molar-refractivity contribution in [2.24, 2.45) is 0 Å². The second kappa shape index (κ2) is 8.73. The Hall–Kier alpha value is -3.02. The van der Waals surface area contributed by atoms with Crippen LogP contribution in [0.3, 0.4) is 0 Å².